The molecule has 1 amide bonds. The fourth-order valence-electron chi connectivity index (χ4n) is 2.77. The van der Waals surface area contributed by atoms with Gasteiger partial charge in [0.25, 0.3) is 5.56 Å². The van der Waals surface area contributed by atoms with Gasteiger partial charge in [0.15, 0.2) is 0 Å². The van der Waals surface area contributed by atoms with Crippen molar-refractivity contribution in [2.45, 2.75) is 13.0 Å². The zero-order chi connectivity index (χ0) is 19.9. The van der Waals surface area contributed by atoms with Crippen molar-refractivity contribution in [3.63, 3.8) is 0 Å². The Labute approximate surface area is 161 Å². The fourth-order valence-corrected chi connectivity index (χ4v) is 2.77. The van der Waals surface area contributed by atoms with E-state index in [-0.39, 0.29) is 23.8 Å². The first-order valence-corrected chi connectivity index (χ1v) is 8.79. The first-order chi connectivity index (χ1) is 13.6. The summed E-state index contributed by atoms with van der Waals surface area (Å²) >= 11 is 0. The van der Waals surface area contributed by atoms with E-state index >= 15 is 0 Å². The summed E-state index contributed by atoms with van der Waals surface area (Å²) in [6.07, 6.45) is 0.605. The molecule has 6 nitrogen and oxygen atoms in total. The number of ether oxygens (including phenoxy) is 1. The first kappa shape index (κ1) is 19.3. The molecule has 3 aromatic rings. The number of methoxy groups -OCH3 is 1. The molecule has 0 saturated carbocycles. The highest BCUT2D eigenvalue weighted by Crippen LogP contribution is 2.17. The third-order valence-corrected chi connectivity index (χ3v) is 4.21. The van der Waals surface area contributed by atoms with Crippen molar-refractivity contribution >= 4 is 5.91 Å². The molecular formula is C21H20FN3O3. The van der Waals surface area contributed by atoms with E-state index in [0.717, 1.165) is 16.0 Å². The normalized spacial score (nSPS) is 10.5. The number of hydrogen-bond donors (Lipinski definition) is 1. The summed E-state index contributed by atoms with van der Waals surface area (Å²) in [6.45, 7) is 0.214. The van der Waals surface area contributed by atoms with Crippen LogP contribution in [-0.4, -0.2) is 29.3 Å². The number of aromatic nitrogens is 2. The summed E-state index contributed by atoms with van der Waals surface area (Å²) in [5.41, 5.74) is 1.75. The van der Waals surface area contributed by atoms with Crippen molar-refractivity contribution in [1.82, 2.24) is 15.1 Å². The Hall–Kier alpha value is -3.48. The molecule has 0 unspecified atom stereocenters. The minimum atomic E-state index is -0.384. The van der Waals surface area contributed by atoms with Crippen LogP contribution in [-0.2, 0) is 17.8 Å². The van der Waals surface area contributed by atoms with E-state index in [1.165, 1.54) is 18.2 Å². The lowest BCUT2D eigenvalue weighted by Gasteiger charge is -2.10. The van der Waals surface area contributed by atoms with Crippen LogP contribution in [0.2, 0.25) is 0 Å². The van der Waals surface area contributed by atoms with Crippen molar-refractivity contribution in [1.29, 1.82) is 0 Å². The van der Waals surface area contributed by atoms with Crippen molar-refractivity contribution in [3.8, 4) is 17.0 Å². The summed E-state index contributed by atoms with van der Waals surface area (Å²) in [5, 5.41) is 6.99. The van der Waals surface area contributed by atoms with Gasteiger partial charge in [-0.15, -0.1) is 0 Å². The van der Waals surface area contributed by atoms with Gasteiger partial charge < -0.3 is 10.1 Å². The highest BCUT2D eigenvalue weighted by atomic mass is 19.1. The van der Waals surface area contributed by atoms with E-state index in [0.29, 0.717) is 24.2 Å². The maximum Gasteiger partial charge on any atom is 0.267 e. The molecular weight excluding hydrogens is 361 g/mol. The Morgan fingerprint density at radius 1 is 1.11 bits per heavy atom. The Morgan fingerprint density at radius 2 is 1.86 bits per heavy atom. The number of nitrogens with one attached hydrogen (secondary N) is 1. The summed E-state index contributed by atoms with van der Waals surface area (Å²) in [7, 11) is 1.60. The van der Waals surface area contributed by atoms with E-state index in [4.69, 9.17) is 4.74 Å². The van der Waals surface area contributed by atoms with E-state index in [9.17, 15) is 14.0 Å². The van der Waals surface area contributed by atoms with E-state index in [1.807, 2.05) is 24.3 Å². The van der Waals surface area contributed by atoms with Gasteiger partial charge in [0.1, 0.15) is 18.1 Å². The van der Waals surface area contributed by atoms with Crippen LogP contribution >= 0.6 is 0 Å². The number of halogens is 1. The van der Waals surface area contributed by atoms with Gasteiger partial charge in [-0.3, -0.25) is 9.59 Å². The van der Waals surface area contributed by atoms with Crippen LogP contribution in [0.1, 0.15) is 5.56 Å². The topological polar surface area (TPSA) is 73.2 Å². The average Bonchev–Trinajstić information content (AvgIpc) is 2.70. The molecule has 0 aliphatic carbocycles. The molecule has 7 heteroatoms. The van der Waals surface area contributed by atoms with Crippen LogP contribution in [0.3, 0.4) is 0 Å². The predicted molar refractivity (Wildman–Crippen MR) is 104 cm³/mol. The highest BCUT2D eigenvalue weighted by Gasteiger charge is 2.09. The van der Waals surface area contributed by atoms with E-state index in [2.05, 4.69) is 10.4 Å². The van der Waals surface area contributed by atoms with Crippen LogP contribution in [0.25, 0.3) is 11.3 Å². The minimum Gasteiger partial charge on any atom is -0.496 e. The fraction of sp³-hybridized carbons (Fsp3) is 0.190. The van der Waals surface area contributed by atoms with Crippen LogP contribution in [0.4, 0.5) is 4.39 Å². The van der Waals surface area contributed by atoms with Gasteiger partial charge in [-0.25, -0.2) is 9.07 Å². The number of amides is 1. The van der Waals surface area contributed by atoms with Gasteiger partial charge in [0.2, 0.25) is 5.91 Å². The number of benzene rings is 2. The van der Waals surface area contributed by atoms with Crippen LogP contribution in [0.15, 0.2) is 65.5 Å². The Morgan fingerprint density at radius 3 is 2.61 bits per heavy atom. The lowest BCUT2D eigenvalue weighted by atomic mass is 10.1. The van der Waals surface area contributed by atoms with Crippen LogP contribution in [0.5, 0.6) is 5.75 Å². The smallest absolute Gasteiger partial charge is 0.267 e. The average molecular weight is 381 g/mol. The quantitative estimate of drug-likeness (QED) is 0.682. The van der Waals surface area contributed by atoms with Crippen molar-refractivity contribution in [3.05, 3.63) is 82.4 Å². The predicted octanol–water partition coefficient (Wildman–Crippen LogP) is 2.42. The number of hydrogen-bond acceptors (Lipinski definition) is 4. The maximum atomic E-state index is 13.1. The van der Waals surface area contributed by atoms with Crippen LogP contribution in [0, 0.1) is 5.82 Å². The third kappa shape index (κ3) is 4.82. The number of nitrogens with zero attached hydrogens (tertiary/aromatic N) is 2. The number of carbonyl (C=O) groups excluding carboxylic acids is 1. The first-order valence-electron chi connectivity index (χ1n) is 8.79. The molecule has 0 saturated heterocycles. The Kier molecular flexibility index (Phi) is 6.16. The second-order valence-corrected chi connectivity index (χ2v) is 6.13. The molecule has 0 aliphatic rings. The van der Waals surface area contributed by atoms with Crippen molar-refractivity contribution in [2.24, 2.45) is 0 Å². The largest absolute Gasteiger partial charge is 0.496 e. The number of para-hydroxylation sites is 1. The molecule has 0 fully saturated rings. The summed E-state index contributed by atoms with van der Waals surface area (Å²) in [6, 6.07) is 16.2. The number of carbonyl (C=O) groups is 1. The molecule has 0 atom stereocenters. The molecule has 1 heterocycles. The summed E-state index contributed by atoms with van der Waals surface area (Å²) in [4.78, 5) is 24.2. The molecule has 0 bridgehead atoms. The molecule has 2 aromatic carbocycles. The van der Waals surface area contributed by atoms with Crippen molar-refractivity contribution < 1.29 is 13.9 Å². The van der Waals surface area contributed by atoms with Gasteiger partial charge in [0.05, 0.1) is 12.8 Å². The number of rotatable bonds is 7. The Bertz CT molecular complexity index is 1020. The van der Waals surface area contributed by atoms with Crippen molar-refractivity contribution in [2.75, 3.05) is 13.7 Å². The molecule has 3 rings (SSSR count). The highest BCUT2D eigenvalue weighted by molar-refractivity contribution is 5.75. The minimum absolute atomic E-state index is 0.195. The lowest BCUT2D eigenvalue weighted by Crippen LogP contribution is -2.34. The monoisotopic (exact) mass is 381 g/mol. The zero-order valence-electron chi connectivity index (χ0n) is 15.4. The molecule has 144 valence electrons. The van der Waals surface area contributed by atoms with Crippen LogP contribution < -0.4 is 15.6 Å². The molecule has 1 aromatic heterocycles. The Balaban J connectivity index is 1.63. The van der Waals surface area contributed by atoms with Gasteiger partial charge in [-0.1, -0.05) is 18.2 Å². The third-order valence-electron chi connectivity index (χ3n) is 4.21. The standard InChI is InChI=1S/C21H20FN3O3/c1-28-19-5-3-2-4-16(19)12-13-23-20(26)14-25-21(27)11-10-18(24-25)15-6-8-17(22)9-7-15/h2-11H,12-14H2,1H3,(H,23,26). The molecule has 28 heavy (non-hydrogen) atoms. The summed E-state index contributed by atoms with van der Waals surface area (Å²) in [5.74, 6) is 0.0916. The second kappa shape index (κ2) is 8.94. The van der Waals surface area contributed by atoms with Gasteiger partial charge in [-0.05, 0) is 48.4 Å². The lowest BCUT2D eigenvalue weighted by molar-refractivity contribution is -0.121. The summed E-state index contributed by atoms with van der Waals surface area (Å²) < 4.78 is 19.4. The van der Waals surface area contributed by atoms with E-state index < -0.39 is 0 Å². The second-order valence-electron chi connectivity index (χ2n) is 6.13. The maximum absolute atomic E-state index is 13.1. The molecule has 0 radical (unpaired) electrons. The van der Waals surface area contributed by atoms with Gasteiger partial charge in [-0.2, -0.15) is 5.10 Å². The molecule has 0 aliphatic heterocycles. The zero-order valence-corrected chi connectivity index (χ0v) is 15.4. The molecule has 0 spiro atoms. The van der Waals surface area contributed by atoms with E-state index in [1.54, 1.807) is 25.3 Å². The SMILES string of the molecule is COc1ccccc1CCNC(=O)Cn1nc(-c2ccc(F)cc2)ccc1=O. The molecule has 1 N–H and O–H groups in total. The van der Waals surface area contributed by atoms with Gasteiger partial charge in [0, 0.05) is 18.2 Å². The van der Waals surface area contributed by atoms with Gasteiger partial charge >= 0.3 is 0 Å².